The number of nitrogens with zero attached hydrogens (tertiary/aromatic N) is 6. The van der Waals surface area contributed by atoms with E-state index >= 15 is 0 Å². The van der Waals surface area contributed by atoms with E-state index in [1.165, 1.54) is 0 Å². The van der Waals surface area contributed by atoms with Gasteiger partial charge in [-0.15, -0.1) is 10.2 Å². The molecule has 1 N–H and O–H groups in total. The molecule has 0 saturated carbocycles. The van der Waals surface area contributed by atoms with Crippen LogP contribution in [0.15, 0.2) is 37.1 Å². The lowest BCUT2D eigenvalue weighted by atomic mass is 10.4. The minimum atomic E-state index is 0.549. The van der Waals surface area contributed by atoms with E-state index in [0.29, 0.717) is 18.0 Å². The van der Waals surface area contributed by atoms with Gasteiger partial charge < -0.3 is 5.32 Å². The van der Waals surface area contributed by atoms with Crippen LogP contribution in [0.1, 0.15) is 5.69 Å². The van der Waals surface area contributed by atoms with Crippen LogP contribution < -0.4 is 5.32 Å². The first-order chi connectivity index (χ1) is 8.43. The van der Waals surface area contributed by atoms with E-state index in [1.807, 2.05) is 12.1 Å². The van der Waals surface area contributed by atoms with Crippen LogP contribution in [0.25, 0.3) is 5.65 Å². The number of aromatic nitrogens is 6. The predicted octanol–water partition coefficient (Wildman–Crippen LogP) is 0.526. The maximum atomic E-state index is 4.21. The van der Waals surface area contributed by atoms with Gasteiger partial charge in [-0.25, -0.2) is 4.98 Å². The van der Waals surface area contributed by atoms with E-state index in [0.717, 1.165) is 5.69 Å². The molecule has 3 aromatic heterocycles. The van der Waals surface area contributed by atoms with E-state index in [2.05, 4.69) is 30.7 Å². The first-order valence-electron chi connectivity index (χ1n) is 5.08. The molecule has 0 unspecified atom stereocenters. The van der Waals surface area contributed by atoms with Crippen molar-refractivity contribution in [3.63, 3.8) is 0 Å². The third kappa shape index (κ3) is 1.89. The molecule has 0 aliphatic rings. The molecule has 0 bridgehead atoms. The normalized spacial score (nSPS) is 10.6. The van der Waals surface area contributed by atoms with Crippen LogP contribution in [-0.2, 0) is 6.54 Å². The average molecular weight is 227 g/mol. The van der Waals surface area contributed by atoms with Gasteiger partial charge in [-0.05, 0) is 12.1 Å². The average Bonchev–Trinajstić information content (AvgIpc) is 2.86. The highest BCUT2D eigenvalue weighted by Gasteiger charge is 2.04. The smallest absolute Gasteiger partial charge is 0.203 e. The Bertz CT molecular complexity index is 619. The molecule has 0 fully saturated rings. The number of rotatable bonds is 3. The molecule has 7 nitrogen and oxygen atoms in total. The van der Waals surface area contributed by atoms with Crippen molar-refractivity contribution in [2.75, 3.05) is 5.32 Å². The maximum absolute atomic E-state index is 4.21. The summed E-state index contributed by atoms with van der Waals surface area (Å²) in [5.74, 6) is 0.677. The van der Waals surface area contributed by atoms with Crippen LogP contribution in [0.5, 0.6) is 0 Å². The van der Waals surface area contributed by atoms with Gasteiger partial charge in [0, 0.05) is 18.6 Å². The number of anilines is 1. The molecule has 3 aromatic rings. The minimum absolute atomic E-state index is 0.549. The van der Waals surface area contributed by atoms with Crippen molar-refractivity contribution in [1.29, 1.82) is 0 Å². The summed E-state index contributed by atoms with van der Waals surface area (Å²) in [5, 5.41) is 18.7. The first kappa shape index (κ1) is 9.64. The SMILES string of the molecule is c1cnnc(CNc2nccn3cnnc23)c1. The van der Waals surface area contributed by atoms with E-state index in [-0.39, 0.29) is 0 Å². The van der Waals surface area contributed by atoms with Crippen LogP contribution >= 0.6 is 0 Å². The lowest BCUT2D eigenvalue weighted by Crippen LogP contribution is -2.05. The van der Waals surface area contributed by atoms with Crippen LogP contribution in [0.2, 0.25) is 0 Å². The summed E-state index contributed by atoms with van der Waals surface area (Å²) in [6.45, 7) is 0.549. The zero-order valence-corrected chi connectivity index (χ0v) is 8.85. The molecule has 3 heterocycles. The van der Waals surface area contributed by atoms with E-state index in [4.69, 9.17) is 0 Å². The fourth-order valence-electron chi connectivity index (χ4n) is 1.49. The highest BCUT2D eigenvalue weighted by molar-refractivity contribution is 5.61. The van der Waals surface area contributed by atoms with Gasteiger partial charge in [0.05, 0.1) is 12.2 Å². The van der Waals surface area contributed by atoms with Gasteiger partial charge in [0.1, 0.15) is 6.33 Å². The summed E-state index contributed by atoms with van der Waals surface area (Å²) in [6, 6.07) is 3.74. The predicted molar refractivity (Wildman–Crippen MR) is 60.1 cm³/mol. The zero-order valence-electron chi connectivity index (χ0n) is 8.85. The van der Waals surface area contributed by atoms with Crippen LogP contribution in [0.3, 0.4) is 0 Å². The molecule has 0 aliphatic heterocycles. The molecular weight excluding hydrogens is 218 g/mol. The fraction of sp³-hybridized carbons (Fsp3) is 0.100. The summed E-state index contributed by atoms with van der Waals surface area (Å²) in [7, 11) is 0. The Morgan fingerprint density at radius 1 is 1.18 bits per heavy atom. The summed E-state index contributed by atoms with van der Waals surface area (Å²) >= 11 is 0. The number of hydrogen-bond acceptors (Lipinski definition) is 6. The standard InChI is InChI=1S/C10H9N7/c1-2-8(15-13-3-1)6-12-9-10-16-14-7-17(10)5-4-11-9/h1-5,7H,6H2,(H,11,12). The van der Waals surface area contributed by atoms with Gasteiger partial charge in [-0.2, -0.15) is 10.2 Å². The molecule has 84 valence electrons. The Hall–Kier alpha value is -2.57. The molecule has 0 saturated heterocycles. The third-order valence-electron chi connectivity index (χ3n) is 2.28. The molecule has 0 spiro atoms. The molecule has 7 heteroatoms. The Kier molecular flexibility index (Phi) is 2.34. The maximum Gasteiger partial charge on any atom is 0.203 e. The second kappa shape index (κ2) is 4.12. The molecular formula is C10H9N7. The summed E-state index contributed by atoms with van der Waals surface area (Å²) in [4.78, 5) is 4.21. The second-order valence-electron chi connectivity index (χ2n) is 3.41. The topological polar surface area (TPSA) is 80.9 Å². The Morgan fingerprint density at radius 2 is 2.18 bits per heavy atom. The Balaban J connectivity index is 1.84. The number of hydrogen-bond donors (Lipinski definition) is 1. The van der Waals surface area contributed by atoms with Crippen LogP contribution in [-0.4, -0.2) is 29.8 Å². The van der Waals surface area contributed by atoms with Crippen molar-refractivity contribution in [3.05, 3.63) is 42.7 Å². The van der Waals surface area contributed by atoms with Crippen molar-refractivity contribution in [1.82, 2.24) is 29.8 Å². The lowest BCUT2D eigenvalue weighted by Gasteiger charge is -2.04. The quantitative estimate of drug-likeness (QED) is 0.702. The van der Waals surface area contributed by atoms with Gasteiger partial charge in [0.25, 0.3) is 0 Å². The van der Waals surface area contributed by atoms with Crippen LogP contribution in [0.4, 0.5) is 5.82 Å². The molecule has 0 atom stereocenters. The van der Waals surface area contributed by atoms with E-state index < -0.39 is 0 Å². The second-order valence-corrected chi connectivity index (χ2v) is 3.41. The molecule has 0 aromatic carbocycles. The van der Waals surface area contributed by atoms with Crippen molar-refractivity contribution >= 4 is 11.5 Å². The minimum Gasteiger partial charge on any atom is -0.361 e. The number of nitrogens with one attached hydrogen (secondary N) is 1. The van der Waals surface area contributed by atoms with Crippen molar-refractivity contribution in [3.8, 4) is 0 Å². The Labute approximate surface area is 96.6 Å². The molecule has 3 rings (SSSR count). The fourth-order valence-corrected chi connectivity index (χ4v) is 1.49. The van der Waals surface area contributed by atoms with Crippen LogP contribution in [0, 0.1) is 0 Å². The first-order valence-corrected chi connectivity index (χ1v) is 5.08. The van der Waals surface area contributed by atoms with Gasteiger partial charge in [0.15, 0.2) is 5.82 Å². The number of fused-ring (bicyclic) bond motifs is 1. The van der Waals surface area contributed by atoms with Gasteiger partial charge in [-0.1, -0.05) is 0 Å². The van der Waals surface area contributed by atoms with E-state index in [1.54, 1.807) is 29.3 Å². The van der Waals surface area contributed by atoms with Gasteiger partial charge in [-0.3, -0.25) is 4.40 Å². The largest absolute Gasteiger partial charge is 0.361 e. The monoisotopic (exact) mass is 227 g/mol. The molecule has 0 aliphatic carbocycles. The summed E-state index contributed by atoms with van der Waals surface area (Å²) in [5.41, 5.74) is 1.53. The summed E-state index contributed by atoms with van der Waals surface area (Å²) in [6.07, 6.45) is 6.75. The van der Waals surface area contributed by atoms with Crippen molar-refractivity contribution in [2.24, 2.45) is 0 Å². The Morgan fingerprint density at radius 3 is 3.06 bits per heavy atom. The molecule has 0 radical (unpaired) electrons. The van der Waals surface area contributed by atoms with E-state index in [9.17, 15) is 0 Å². The van der Waals surface area contributed by atoms with Gasteiger partial charge >= 0.3 is 0 Å². The lowest BCUT2D eigenvalue weighted by molar-refractivity contribution is 0.919. The molecule has 0 amide bonds. The highest BCUT2D eigenvalue weighted by Crippen LogP contribution is 2.10. The van der Waals surface area contributed by atoms with Crippen molar-refractivity contribution in [2.45, 2.75) is 6.54 Å². The summed E-state index contributed by atoms with van der Waals surface area (Å²) < 4.78 is 1.80. The molecule has 17 heavy (non-hydrogen) atoms. The van der Waals surface area contributed by atoms with Crippen molar-refractivity contribution < 1.29 is 0 Å². The highest BCUT2D eigenvalue weighted by atomic mass is 15.2. The third-order valence-corrected chi connectivity index (χ3v) is 2.28. The van der Waals surface area contributed by atoms with Gasteiger partial charge in [0.2, 0.25) is 5.65 Å². The zero-order chi connectivity index (χ0) is 11.5.